The quantitative estimate of drug-likeness (QED) is 0.283. The largest absolute Gasteiger partial charge is 0.381 e. The molecule has 2 heterocycles. The van der Waals surface area contributed by atoms with Crippen LogP contribution in [0.1, 0.15) is 43.2 Å². The minimum Gasteiger partial charge on any atom is -0.381 e. The first-order valence-corrected chi connectivity index (χ1v) is 16.9. The van der Waals surface area contributed by atoms with Crippen LogP contribution in [0.4, 0.5) is 14.5 Å². The molecule has 0 aromatic heterocycles. The van der Waals surface area contributed by atoms with E-state index in [-0.39, 0.29) is 34.1 Å². The summed E-state index contributed by atoms with van der Waals surface area (Å²) in [6.45, 7) is 4.19. The summed E-state index contributed by atoms with van der Waals surface area (Å²) in [6.07, 6.45) is 2.04. The highest BCUT2D eigenvalue weighted by Gasteiger charge is 2.35. The Labute approximate surface area is 263 Å². The van der Waals surface area contributed by atoms with Crippen molar-refractivity contribution in [3.63, 3.8) is 0 Å². The van der Waals surface area contributed by atoms with E-state index >= 15 is 4.39 Å². The number of carbonyl (C=O) groups excluding carboxylic acids is 1. The average Bonchev–Trinajstić information content (AvgIpc) is 3.03. The van der Waals surface area contributed by atoms with Gasteiger partial charge in [-0.15, -0.1) is 0 Å². The van der Waals surface area contributed by atoms with Crippen LogP contribution in [0.3, 0.4) is 0 Å². The minimum absolute atomic E-state index is 0.0179. The van der Waals surface area contributed by atoms with Crippen molar-refractivity contribution in [2.45, 2.75) is 49.5 Å². The molecule has 3 atom stereocenters. The van der Waals surface area contributed by atoms with Crippen molar-refractivity contribution >= 4 is 33.2 Å². The Morgan fingerprint density at radius 2 is 1.82 bits per heavy atom. The molecule has 2 aliphatic heterocycles. The molecule has 2 N–H and O–H groups in total. The monoisotopic (exact) mass is 645 g/mol. The summed E-state index contributed by atoms with van der Waals surface area (Å²) in [5.74, 6) is -2.10. The number of sulfonamides is 1. The molecule has 1 amide bonds. The van der Waals surface area contributed by atoms with E-state index in [2.05, 4.69) is 10.6 Å². The number of rotatable bonds is 10. The lowest BCUT2D eigenvalue weighted by Gasteiger charge is -2.35. The van der Waals surface area contributed by atoms with Crippen molar-refractivity contribution in [1.29, 1.82) is 0 Å². The summed E-state index contributed by atoms with van der Waals surface area (Å²) in [6, 6.07) is 17.1. The third kappa shape index (κ3) is 7.32. The van der Waals surface area contributed by atoms with Crippen LogP contribution in [-0.4, -0.2) is 57.5 Å². The molecule has 0 spiro atoms. The predicted molar refractivity (Wildman–Crippen MR) is 167 cm³/mol. The van der Waals surface area contributed by atoms with Gasteiger partial charge in [-0.25, -0.2) is 17.2 Å². The van der Waals surface area contributed by atoms with Gasteiger partial charge in [0.15, 0.2) is 0 Å². The first-order chi connectivity index (χ1) is 21.2. The lowest BCUT2D eigenvalue weighted by molar-refractivity contribution is -0.120. The number of ether oxygens (including phenoxy) is 1. The van der Waals surface area contributed by atoms with Gasteiger partial charge in [-0.2, -0.15) is 4.31 Å². The fourth-order valence-corrected chi connectivity index (χ4v) is 8.24. The van der Waals surface area contributed by atoms with Gasteiger partial charge in [0.05, 0.1) is 9.92 Å². The van der Waals surface area contributed by atoms with E-state index in [1.54, 1.807) is 49.4 Å². The van der Waals surface area contributed by atoms with E-state index in [9.17, 15) is 17.6 Å². The van der Waals surface area contributed by atoms with Crippen molar-refractivity contribution in [2.24, 2.45) is 11.8 Å². The van der Waals surface area contributed by atoms with E-state index in [0.29, 0.717) is 56.1 Å². The summed E-state index contributed by atoms with van der Waals surface area (Å²) in [5, 5.41) is 6.22. The minimum atomic E-state index is -3.73. The van der Waals surface area contributed by atoms with E-state index in [1.807, 2.05) is 0 Å². The zero-order valence-corrected chi connectivity index (χ0v) is 26.2. The summed E-state index contributed by atoms with van der Waals surface area (Å²) >= 11 is 5.95. The van der Waals surface area contributed by atoms with Gasteiger partial charge < -0.3 is 15.4 Å². The van der Waals surface area contributed by atoms with Gasteiger partial charge in [0, 0.05) is 56.1 Å². The Hall–Kier alpha value is -2.89. The van der Waals surface area contributed by atoms with Crippen molar-refractivity contribution in [1.82, 2.24) is 9.62 Å². The molecule has 3 aromatic carbocycles. The molecule has 0 radical (unpaired) electrons. The number of piperazine rings is 1. The molecular formula is C33H38ClF2N3O4S. The molecule has 0 bridgehead atoms. The number of carbonyl (C=O) groups is 1. The number of benzene rings is 3. The number of nitrogens with zero attached hydrogens (tertiary/aromatic N) is 1. The van der Waals surface area contributed by atoms with Gasteiger partial charge in [0.25, 0.3) is 0 Å². The third-order valence-electron chi connectivity index (χ3n) is 8.80. The molecule has 3 aromatic rings. The predicted octanol–water partition coefficient (Wildman–Crippen LogP) is 6.00. The summed E-state index contributed by atoms with van der Waals surface area (Å²) in [4.78, 5) is 14.0. The maximum atomic E-state index is 15.3. The Bertz CT molecular complexity index is 1550. The van der Waals surface area contributed by atoms with Crippen LogP contribution in [0.25, 0.3) is 0 Å². The van der Waals surface area contributed by atoms with Crippen molar-refractivity contribution in [2.75, 3.05) is 38.2 Å². The molecule has 5 rings (SSSR count). The lowest BCUT2D eigenvalue weighted by atomic mass is 9.74. The van der Waals surface area contributed by atoms with Crippen LogP contribution in [0, 0.1) is 23.5 Å². The molecule has 0 aliphatic carbocycles. The molecule has 236 valence electrons. The van der Waals surface area contributed by atoms with Crippen LogP contribution < -0.4 is 10.6 Å². The number of halogens is 3. The van der Waals surface area contributed by atoms with Crippen molar-refractivity contribution in [3.8, 4) is 0 Å². The molecule has 0 saturated carbocycles. The normalized spacial score (nSPS) is 19.8. The molecule has 0 unspecified atom stereocenters. The molecule has 11 heteroatoms. The molecule has 2 fully saturated rings. The summed E-state index contributed by atoms with van der Waals surface area (Å²) in [5.41, 5.74) is 1.34. The Balaban J connectivity index is 1.35. The van der Waals surface area contributed by atoms with Crippen LogP contribution in [-0.2, 0) is 26.0 Å². The van der Waals surface area contributed by atoms with Gasteiger partial charge in [0.1, 0.15) is 11.6 Å². The highest BCUT2D eigenvalue weighted by Crippen LogP contribution is 2.39. The topological polar surface area (TPSA) is 87.7 Å². The molecule has 7 nitrogen and oxygen atoms in total. The van der Waals surface area contributed by atoms with Crippen LogP contribution in [0.2, 0.25) is 5.02 Å². The van der Waals surface area contributed by atoms with Crippen molar-refractivity contribution in [3.05, 3.63) is 94.5 Å². The SMILES string of the molecule is C[C@H](C(=O)Nc1cccc(F)c1CC[C@H]1CNCCN1S(=O)(=O)c1ccccc1)[C@@H](c1ccc(Cl)c(F)c1)C1CCOCC1. The standard InChI is InChI=1S/C33H38ClF2N3O4S/c1-22(32(23-14-18-43-19-15-23)24-10-13-28(34)30(36)20-24)33(40)38-31-9-5-8-29(35)27(31)12-11-25-21-37-16-17-39(25)44(41,42)26-6-3-2-4-7-26/h2-10,13,20,22-23,25,32,37H,11-12,14-19,21H2,1H3,(H,38,40)/t22-,25-,32+/m0/s1. The van der Waals surface area contributed by atoms with E-state index < -0.39 is 33.6 Å². The third-order valence-corrected chi connectivity index (χ3v) is 11.1. The molecular weight excluding hydrogens is 608 g/mol. The van der Waals surface area contributed by atoms with Gasteiger partial charge in [-0.05, 0) is 79.5 Å². The fourth-order valence-electron chi connectivity index (χ4n) is 6.45. The average molecular weight is 646 g/mol. The Kier molecular flexibility index (Phi) is 10.7. The highest BCUT2D eigenvalue weighted by molar-refractivity contribution is 7.89. The molecule has 2 aliphatic rings. The maximum absolute atomic E-state index is 15.3. The lowest BCUT2D eigenvalue weighted by Crippen LogP contribution is -2.53. The second-order valence-corrected chi connectivity index (χ2v) is 13.8. The van der Waals surface area contributed by atoms with E-state index in [4.69, 9.17) is 16.3 Å². The van der Waals surface area contributed by atoms with E-state index in [0.717, 1.165) is 12.8 Å². The maximum Gasteiger partial charge on any atom is 0.243 e. The summed E-state index contributed by atoms with van der Waals surface area (Å²) in [7, 11) is -3.73. The van der Waals surface area contributed by atoms with Crippen LogP contribution in [0.15, 0.2) is 71.6 Å². The number of nitrogens with one attached hydrogen (secondary N) is 2. The van der Waals surface area contributed by atoms with Gasteiger partial charge in [-0.3, -0.25) is 4.79 Å². The molecule has 2 saturated heterocycles. The first-order valence-electron chi connectivity index (χ1n) is 15.1. The zero-order valence-electron chi connectivity index (χ0n) is 24.6. The smallest absolute Gasteiger partial charge is 0.243 e. The van der Waals surface area contributed by atoms with Gasteiger partial charge in [0.2, 0.25) is 15.9 Å². The van der Waals surface area contributed by atoms with Gasteiger partial charge in [-0.1, -0.05) is 48.9 Å². The summed E-state index contributed by atoms with van der Waals surface area (Å²) < 4.78 is 63.7. The highest BCUT2D eigenvalue weighted by atomic mass is 35.5. The Morgan fingerprint density at radius 3 is 2.55 bits per heavy atom. The number of hydrogen-bond acceptors (Lipinski definition) is 5. The Morgan fingerprint density at radius 1 is 1.07 bits per heavy atom. The number of amides is 1. The zero-order chi connectivity index (χ0) is 31.3. The van der Waals surface area contributed by atoms with Crippen LogP contribution >= 0.6 is 11.6 Å². The fraction of sp³-hybridized carbons (Fsp3) is 0.424. The number of anilines is 1. The first kappa shape index (κ1) is 32.5. The number of hydrogen-bond donors (Lipinski definition) is 2. The second kappa shape index (κ2) is 14.5. The molecule has 44 heavy (non-hydrogen) atoms. The van der Waals surface area contributed by atoms with Gasteiger partial charge >= 0.3 is 0 Å². The van der Waals surface area contributed by atoms with Crippen LogP contribution in [0.5, 0.6) is 0 Å². The van der Waals surface area contributed by atoms with Crippen molar-refractivity contribution < 1.29 is 26.7 Å². The second-order valence-electron chi connectivity index (χ2n) is 11.5. The van der Waals surface area contributed by atoms with E-state index in [1.165, 1.54) is 28.6 Å².